The molecule has 18 heavy (non-hydrogen) atoms. The van der Waals surface area contributed by atoms with Crippen LogP contribution in [0.4, 0.5) is 0 Å². The molecule has 2 unspecified atom stereocenters. The molecule has 0 fully saturated rings. The standard InChI is InChI=1S/C16H26ClN/c1-4-7-13(3)16(18-10-5-2)12-14-8-6-9-15(17)11-14/h6,8-9,11,13,16,18H,4-5,7,10,12H2,1-3H3. The lowest BCUT2D eigenvalue weighted by molar-refractivity contribution is 0.352. The molecular formula is C16H26ClN. The van der Waals surface area contributed by atoms with Crippen molar-refractivity contribution in [2.45, 2.75) is 52.5 Å². The minimum Gasteiger partial charge on any atom is -0.313 e. The summed E-state index contributed by atoms with van der Waals surface area (Å²) in [5.41, 5.74) is 1.33. The van der Waals surface area contributed by atoms with E-state index in [1.165, 1.54) is 24.8 Å². The maximum absolute atomic E-state index is 6.05. The van der Waals surface area contributed by atoms with Crippen LogP contribution in [-0.4, -0.2) is 12.6 Å². The molecule has 1 nitrogen and oxygen atoms in total. The van der Waals surface area contributed by atoms with Crippen LogP contribution in [0.2, 0.25) is 5.02 Å². The minimum atomic E-state index is 0.559. The number of rotatable bonds is 8. The van der Waals surface area contributed by atoms with Gasteiger partial charge in [0.2, 0.25) is 0 Å². The zero-order valence-electron chi connectivity index (χ0n) is 11.9. The lowest BCUT2D eigenvalue weighted by Crippen LogP contribution is -2.37. The normalized spacial score (nSPS) is 14.4. The summed E-state index contributed by atoms with van der Waals surface area (Å²) in [5.74, 6) is 0.709. The number of hydrogen-bond acceptors (Lipinski definition) is 1. The number of halogens is 1. The molecule has 0 bridgehead atoms. The van der Waals surface area contributed by atoms with E-state index in [1.54, 1.807) is 0 Å². The van der Waals surface area contributed by atoms with Gasteiger partial charge in [-0.05, 0) is 49.4 Å². The molecule has 0 heterocycles. The Bertz CT molecular complexity index is 338. The first-order chi connectivity index (χ1) is 8.67. The zero-order chi connectivity index (χ0) is 13.4. The fourth-order valence-corrected chi connectivity index (χ4v) is 2.59. The van der Waals surface area contributed by atoms with Gasteiger partial charge in [-0.15, -0.1) is 0 Å². The molecule has 2 atom stereocenters. The minimum absolute atomic E-state index is 0.559. The molecule has 2 heteroatoms. The summed E-state index contributed by atoms with van der Waals surface area (Å²) >= 11 is 6.05. The lowest BCUT2D eigenvalue weighted by atomic mass is 9.91. The fraction of sp³-hybridized carbons (Fsp3) is 0.625. The fourth-order valence-electron chi connectivity index (χ4n) is 2.38. The molecule has 0 aromatic heterocycles. The van der Waals surface area contributed by atoms with E-state index in [4.69, 9.17) is 11.6 Å². The van der Waals surface area contributed by atoms with E-state index < -0.39 is 0 Å². The third kappa shape index (κ3) is 5.41. The first-order valence-electron chi connectivity index (χ1n) is 7.15. The monoisotopic (exact) mass is 267 g/mol. The molecule has 0 saturated carbocycles. The molecule has 0 aliphatic heterocycles. The van der Waals surface area contributed by atoms with E-state index in [2.05, 4.69) is 38.2 Å². The second-order valence-electron chi connectivity index (χ2n) is 5.16. The molecule has 1 N–H and O–H groups in total. The highest BCUT2D eigenvalue weighted by Gasteiger charge is 2.16. The van der Waals surface area contributed by atoms with Crippen LogP contribution in [0.25, 0.3) is 0 Å². The summed E-state index contributed by atoms with van der Waals surface area (Å²) in [6.45, 7) is 7.92. The summed E-state index contributed by atoms with van der Waals surface area (Å²) in [7, 11) is 0. The molecule has 0 aliphatic carbocycles. The van der Waals surface area contributed by atoms with Gasteiger partial charge in [-0.1, -0.05) is 50.9 Å². The summed E-state index contributed by atoms with van der Waals surface area (Å²) in [6.07, 6.45) is 4.79. The van der Waals surface area contributed by atoms with E-state index in [0.29, 0.717) is 12.0 Å². The molecular weight excluding hydrogens is 242 g/mol. The first kappa shape index (κ1) is 15.5. The number of hydrogen-bond donors (Lipinski definition) is 1. The molecule has 1 aromatic carbocycles. The van der Waals surface area contributed by atoms with Crippen LogP contribution in [0.3, 0.4) is 0 Å². The molecule has 102 valence electrons. The van der Waals surface area contributed by atoms with Gasteiger partial charge in [0.05, 0.1) is 0 Å². The molecule has 0 radical (unpaired) electrons. The predicted molar refractivity (Wildman–Crippen MR) is 81.3 cm³/mol. The van der Waals surface area contributed by atoms with Crippen molar-refractivity contribution in [1.82, 2.24) is 5.32 Å². The summed E-state index contributed by atoms with van der Waals surface area (Å²) < 4.78 is 0. The lowest BCUT2D eigenvalue weighted by Gasteiger charge is -2.25. The Morgan fingerprint density at radius 2 is 2.00 bits per heavy atom. The van der Waals surface area contributed by atoms with Crippen molar-refractivity contribution in [1.29, 1.82) is 0 Å². The van der Waals surface area contributed by atoms with Crippen molar-refractivity contribution in [3.63, 3.8) is 0 Å². The third-order valence-electron chi connectivity index (χ3n) is 3.43. The highest BCUT2D eigenvalue weighted by molar-refractivity contribution is 6.30. The smallest absolute Gasteiger partial charge is 0.0408 e. The molecule has 0 amide bonds. The quantitative estimate of drug-likeness (QED) is 0.721. The van der Waals surface area contributed by atoms with Crippen molar-refractivity contribution < 1.29 is 0 Å². The van der Waals surface area contributed by atoms with Crippen LogP contribution in [0.1, 0.15) is 45.6 Å². The molecule has 0 spiro atoms. The van der Waals surface area contributed by atoms with E-state index in [-0.39, 0.29) is 0 Å². The Labute approximate surface area is 117 Å². The van der Waals surface area contributed by atoms with Crippen molar-refractivity contribution >= 4 is 11.6 Å². The topological polar surface area (TPSA) is 12.0 Å². The largest absolute Gasteiger partial charge is 0.313 e. The van der Waals surface area contributed by atoms with E-state index in [0.717, 1.165) is 18.0 Å². The highest BCUT2D eigenvalue weighted by Crippen LogP contribution is 2.18. The van der Waals surface area contributed by atoms with Crippen molar-refractivity contribution in [3.05, 3.63) is 34.9 Å². The summed E-state index contributed by atoms with van der Waals surface area (Å²) in [4.78, 5) is 0. The highest BCUT2D eigenvalue weighted by atomic mass is 35.5. The summed E-state index contributed by atoms with van der Waals surface area (Å²) in [6, 6.07) is 8.79. The first-order valence-corrected chi connectivity index (χ1v) is 7.53. The number of benzene rings is 1. The van der Waals surface area contributed by atoms with Gasteiger partial charge in [-0.2, -0.15) is 0 Å². The van der Waals surface area contributed by atoms with Crippen LogP contribution in [0.5, 0.6) is 0 Å². The Balaban J connectivity index is 2.64. The number of nitrogens with one attached hydrogen (secondary N) is 1. The average molecular weight is 268 g/mol. The van der Waals surface area contributed by atoms with Gasteiger partial charge in [0.15, 0.2) is 0 Å². The van der Waals surface area contributed by atoms with Crippen LogP contribution in [0, 0.1) is 5.92 Å². The van der Waals surface area contributed by atoms with Gasteiger partial charge in [-0.25, -0.2) is 0 Å². The van der Waals surface area contributed by atoms with Crippen molar-refractivity contribution in [3.8, 4) is 0 Å². The van der Waals surface area contributed by atoms with E-state index >= 15 is 0 Å². The van der Waals surface area contributed by atoms with Gasteiger partial charge in [0.25, 0.3) is 0 Å². The Kier molecular flexibility index (Phi) is 7.38. The maximum Gasteiger partial charge on any atom is 0.0408 e. The van der Waals surface area contributed by atoms with Crippen molar-refractivity contribution in [2.24, 2.45) is 5.92 Å². The van der Waals surface area contributed by atoms with Gasteiger partial charge in [0, 0.05) is 11.1 Å². The molecule has 0 saturated heterocycles. The van der Waals surface area contributed by atoms with Crippen LogP contribution >= 0.6 is 11.6 Å². The Morgan fingerprint density at radius 3 is 2.61 bits per heavy atom. The maximum atomic E-state index is 6.05. The zero-order valence-corrected chi connectivity index (χ0v) is 12.6. The van der Waals surface area contributed by atoms with E-state index in [1.807, 2.05) is 12.1 Å². The van der Waals surface area contributed by atoms with Gasteiger partial charge in [-0.3, -0.25) is 0 Å². The Hall–Kier alpha value is -0.530. The van der Waals surface area contributed by atoms with Crippen LogP contribution in [0.15, 0.2) is 24.3 Å². The van der Waals surface area contributed by atoms with Crippen LogP contribution in [-0.2, 0) is 6.42 Å². The van der Waals surface area contributed by atoms with E-state index in [9.17, 15) is 0 Å². The SMILES string of the molecule is CCCNC(Cc1cccc(Cl)c1)C(C)CCC. The molecule has 1 rings (SSSR count). The second kappa shape index (κ2) is 8.55. The third-order valence-corrected chi connectivity index (χ3v) is 3.67. The Morgan fingerprint density at radius 1 is 1.22 bits per heavy atom. The average Bonchev–Trinajstić information content (AvgIpc) is 2.34. The van der Waals surface area contributed by atoms with Gasteiger partial charge < -0.3 is 5.32 Å². The molecule has 0 aliphatic rings. The summed E-state index contributed by atoms with van der Waals surface area (Å²) in [5, 5.41) is 4.52. The van der Waals surface area contributed by atoms with Gasteiger partial charge in [0.1, 0.15) is 0 Å². The van der Waals surface area contributed by atoms with Crippen LogP contribution < -0.4 is 5.32 Å². The molecule has 1 aromatic rings. The predicted octanol–water partition coefficient (Wildman–Crippen LogP) is 4.69. The second-order valence-corrected chi connectivity index (χ2v) is 5.60. The van der Waals surface area contributed by atoms with Gasteiger partial charge >= 0.3 is 0 Å². The van der Waals surface area contributed by atoms with Crippen molar-refractivity contribution in [2.75, 3.05) is 6.54 Å².